The number of nitrogens with one attached hydrogen (secondary N) is 1. The maximum Gasteiger partial charge on any atom is 0.183 e. The minimum absolute atomic E-state index is 0.770. The molecule has 1 heterocycles. The van der Waals surface area contributed by atoms with Crippen LogP contribution in [0.1, 0.15) is 0 Å². The van der Waals surface area contributed by atoms with Crippen LogP contribution in [0.25, 0.3) is 10.2 Å². The van der Waals surface area contributed by atoms with Gasteiger partial charge in [0.25, 0.3) is 0 Å². The Morgan fingerprint density at radius 1 is 1.42 bits per heavy atom. The van der Waals surface area contributed by atoms with Gasteiger partial charge in [-0.1, -0.05) is 27.3 Å². The second-order valence-electron chi connectivity index (χ2n) is 4.35. The van der Waals surface area contributed by atoms with Crippen LogP contribution in [0.3, 0.4) is 0 Å². The predicted molar refractivity (Wildman–Crippen MR) is 85.2 cm³/mol. The van der Waals surface area contributed by atoms with Gasteiger partial charge in [0.1, 0.15) is 0 Å². The fourth-order valence-corrected chi connectivity index (χ4v) is 2.91. The quantitative estimate of drug-likeness (QED) is 0.838. The summed E-state index contributed by atoms with van der Waals surface area (Å²) in [4.78, 5) is 6.80. The highest BCUT2D eigenvalue weighted by molar-refractivity contribution is 9.10. The maximum absolute atomic E-state index is 5.05. The van der Waals surface area contributed by atoms with Crippen LogP contribution in [0.2, 0.25) is 0 Å². The first-order chi connectivity index (χ1) is 9.19. The second kappa shape index (κ2) is 7.19. The topological polar surface area (TPSA) is 37.4 Å². The summed E-state index contributed by atoms with van der Waals surface area (Å²) in [6.07, 6.45) is 0. The molecule has 0 saturated carbocycles. The van der Waals surface area contributed by atoms with Crippen molar-refractivity contribution >= 4 is 42.6 Å². The molecule has 0 radical (unpaired) electrons. The highest BCUT2D eigenvalue weighted by Gasteiger charge is 2.04. The van der Waals surface area contributed by atoms with Gasteiger partial charge in [0.2, 0.25) is 0 Å². The third-order valence-corrected chi connectivity index (χ3v) is 4.28. The summed E-state index contributed by atoms with van der Waals surface area (Å²) in [5, 5.41) is 4.35. The molecule has 1 N–H and O–H groups in total. The van der Waals surface area contributed by atoms with Crippen molar-refractivity contribution in [2.45, 2.75) is 0 Å². The Morgan fingerprint density at radius 2 is 2.26 bits per heavy atom. The largest absolute Gasteiger partial charge is 0.383 e. The van der Waals surface area contributed by atoms with Crippen LogP contribution >= 0.6 is 27.3 Å². The normalized spacial score (nSPS) is 11.4. The van der Waals surface area contributed by atoms with Crippen LogP contribution in [0.4, 0.5) is 5.13 Å². The number of rotatable bonds is 7. The Hall–Kier alpha value is -0.690. The molecular weight excluding hydrogens is 326 g/mol. The molecule has 2 rings (SSSR count). The molecule has 1 aromatic carbocycles. The minimum Gasteiger partial charge on any atom is -0.383 e. The van der Waals surface area contributed by atoms with Gasteiger partial charge in [0.05, 0.1) is 16.8 Å². The van der Waals surface area contributed by atoms with Gasteiger partial charge >= 0.3 is 0 Å². The van der Waals surface area contributed by atoms with Crippen LogP contribution in [0.15, 0.2) is 22.7 Å². The summed E-state index contributed by atoms with van der Waals surface area (Å²) >= 11 is 5.15. The number of ether oxygens (including phenoxy) is 1. The molecular formula is C13H18BrN3OS. The van der Waals surface area contributed by atoms with E-state index in [0.717, 1.165) is 41.4 Å². The van der Waals surface area contributed by atoms with E-state index in [-0.39, 0.29) is 0 Å². The lowest BCUT2D eigenvalue weighted by atomic mass is 10.3. The third kappa shape index (κ3) is 4.42. The lowest BCUT2D eigenvalue weighted by molar-refractivity contribution is 0.163. The summed E-state index contributed by atoms with van der Waals surface area (Å²) in [5.41, 5.74) is 1.04. The molecule has 1 aromatic heterocycles. The molecule has 0 amide bonds. The number of thiazole rings is 1. The zero-order valence-electron chi connectivity index (χ0n) is 11.1. The molecule has 0 saturated heterocycles. The molecule has 4 nitrogen and oxygen atoms in total. The van der Waals surface area contributed by atoms with Crippen LogP contribution in [-0.2, 0) is 4.74 Å². The fraction of sp³-hybridized carbons (Fsp3) is 0.462. The van der Waals surface area contributed by atoms with Gasteiger partial charge in [0, 0.05) is 31.2 Å². The first-order valence-corrected chi connectivity index (χ1v) is 7.77. The Balaban J connectivity index is 1.84. The Kier molecular flexibility index (Phi) is 5.57. The molecule has 0 spiro atoms. The van der Waals surface area contributed by atoms with Crippen molar-refractivity contribution in [2.75, 3.05) is 45.7 Å². The van der Waals surface area contributed by atoms with Crippen molar-refractivity contribution in [2.24, 2.45) is 0 Å². The minimum atomic E-state index is 0.770. The number of methoxy groups -OCH3 is 1. The summed E-state index contributed by atoms with van der Waals surface area (Å²) in [5.74, 6) is 0. The van der Waals surface area contributed by atoms with Crippen molar-refractivity contribution in [1.29, 1.82) is 0 Å². The molecule has 0 unspecified atom stereocenters. The summed E-state index contributed by atoms with van der Waals surface area (Å²) < 4.78 is 7.32. The molecule has 104 valence electrons. The SMILES string of the molecule is COCCN(C)CCNc1nc2cc(Br)ccc2s1. The van der Waals surface area contributed by atoms with Crippen molar-refractivity contribution in [3.05, 3.63) is 22.7 Å². The number of anilines is 1. The van der Waals surface area contributed by atoms with E-state index in [4.69, 9.17) is 4.74 Å². The van der Waals surface area contributed by atoms with E-state index in [1.807, 2.05) is 12.1 Å². The molecule has 0 aliphatic rings. The molecule has 0 atom stereocenters. The highest BCUT2D eigenvalue weighted by Crippen LogP contribution is 2.27. The first-order valence-electron chi connectivity index (χ1n) is 6.16. The monoisotopic (exact) mass is 343 g/mol. The predicted octanol–water partition coefficient (Wildman–Crippen LogP) is 3.05. The Bertz CT molecular complexity index is 532. The van der Waals surface area contributed by atoms with Crippen molar-refractivity contribution in [1.82, 2.24) is 9.88 Å². The molecule has 2 aromatic rings. The van der Waals surface area contributed by atoms with Gasteiger partial charge in [-0.15, -0.1) is 0 Å². The van der Waals surface area contributed by atoms with E-state index < -0.39 is 0 Å². The van der Waals surface area contributed by atoms with Gasteiger partial charge < -0.3 is 15.0 Å². The number of hydrogen-bond donors (Lipinski definition) is 1. The van der Waals surface area contributed by atoms with E-state index in [1.165, 1.54) is 4.70 Å². The van der Waals surface area contributed by atoms with Crippen molar-refractivity contribution in [3.63, 3.8) is 0 Å². The van der Waals surface area contributed by atoms with Gasteiger partial charge in [-0.3, -0.25) is 0 Å². The number of hydrogen-bond acceptors (Lipinski definition) is 5. The van der Waals surface area contributed by atoms with Gasteiger partial charge in [0.15, 0.2) is 5.13 Å². The van der Waals surface area contributed by atoms with E-state index in [9.17, 15) is 0 Å². The number of halogens is 1. The number of fused-ring (bicyclic) bond motifs is 1. The zero-order valence-corrected chi connectivity index (χ0v) is 13.6. The molecule has 0 aliphatic carbocycles. The van der Waals surface area contributed by atoms with Crippen molar-refractivity contribution < 1.29 is 4.74 Å². The zero-order chi connectivity index (χ0) is 13.7. The number of likely N-dealkylation sites (N-methyl/N-ethyl adjacent to an activating group) is 1. The molecule has 0 fully saturated rings. The van der Waals surface area contributed by atoms with E-state index >= 15 is 0 Å². The van der Waals surface area contributed by atoms with Gasteiger partial charge in [-0.05, 0) is 25.2 Å². The van der Waals surface area contributed by atoms with E-state index in [2.05, 4.69) is 44.2 Å². The van der Waals surface area contributed by atoms with Crippen LogP contribution < -0.4 is 5.32 Å². The smallest absolute Gasteiger partial charge is 0.183 e. The number of nitrogens with zero attached hydrogens (tertiary/aromatic N) is 2. The van der Waals surface area contributed by atoms with Gasteiger partial charge in [-0.25, -0.2) is 4.98 Å². The Morgan fingerprint density at radius 3 is 3.05 bits per heavy atom. The van der Waals surface area contributed by atoms with E-state index in [0.29, 0.717) is 0 Å². The number of benzene rings is 1. The summed E-state index contributed by atoms with van der Waals surface area (Å²) in [6, 6.07) is 6.18. The average Bonchev–Trinajstić information content (AvgIpc) is 2.78. The highest BCUT2D eigenvalue weighted by atomic mass is 79.9. The maximum atomic E-state index is 5.05. The Labute approximate surface area is 125 Å². The summed E-state index contributed by atoms with van der Waals surface area (Å²) in [6.45, 7) is 3.58. The summed E-state index contributed by atoms with van der Waals surface area (Å²) in [7, 11) is 3.82. The van der Waals surface area contributed by atoms with Crippen molar-refractivity contribution in [3.8, 4) is 0 Å². The fourth-order valence-electron chi connectivity index (χ4n) is 1.69. The average molecular weight is 344 g/mol. The molecule has 6 heteroatoms. The van der Waals surface area contributed by atoms with Gasteiger partial charge in [-0.2, -0.15) is 0 Å². The first kappa shape index (κ1) is 14.7. The molecule has 0 aliphatic heterocycles. The lowest BCUT2D eigenvalue weighted by Crippen LogP contribution is -2.28. The lowest BCUT2D eigenvalue weighted by Gasteiger charge is -2.15. The second-order valence-corrected chi connectivity index (χ2v) is 6.30. The van der Waals surface area contributed by atoms with Crippen LogP contribution in [-0.4, -0.2) is 50.3 Å². The van der Waals surface area contributed by atoms with Crippen LogP contribution in [0.5, 0.6) is 0 Å². The van der Waals surface area contributed by atoms with E-state index in [1.54, 1.807) is 18.4 Å². The molecule has 19 heavy (non-hydrogen) atoms. The molecule has 0 bridgehead atoms. The van der Waals surface area contributed by atoms with Crippen LogP contribution in [0, 0.1) is 0 Å². The standard InChI is InChI=1S/C13H18BrN3OS/c1-17(7-8-18-2)6-5-15-13-16-11-9-10(14)3-4-12(11)19-13/h3-4,9H,5-8H2,1-2H3,(H,15,16). The third-order valence-electron chi connectivity index (χ3n) is 2.80. The number of aromatic nitrogens is 1.